The maximum absolute atomic E-state index is 11.2. The van der Waals surface area contributed by atoms with E-state index in [0.29, 0.717) is 0 Å². The van der Waals surface area contributed by atoms with Crippen LogP contribution in [0.1, 0.15) is 6.42 Å². The Kier molecular flexibility index (Phi) is 6.91. The molecule has 0 aromatic heterocycles. The Morgan fingerprint density at radius 3 is 2.59 bits per heavy atom. The number of carbonyl (C=O) groups is 3. The van der Waals surface area contributed by atoms with Gasteiger partial charge >= 0.3 is 18.1 Å². The minimum absolute atomic E-state index is 0.0369. The number of nitrogens with one attached hydrogen (secondary N) is 2. The predicted octanol–water partition coefficient (Wildman–Crippen LogP) is -0.590. The van der Waals surface area contributed by atoms with Gasteiger partial charge in [-0.3, -0.25) is 0 Å². The predicted molar refractivity (Wildman–Crippen MR) is 58.3 cm³/mol. The number of hydrogen-bond acceptors (Lipinski definition) is 4. The Morgan fingerprint density at radius 1 is 1.47 bits per heavy atom. The molecule has 0 aromatic carbocycles. The topological polar surface area (TPSA) is 131 Å². The molecule has 0 aliphatic carbocycles. The zero-order valence-electron chi connectivity index (χ0n) is 9.14. The fourth-order valence-electron chi connectivity index (χ4n) is 0.914. The second-order valence-electron chi connectivity index (χ2n) is 2.98. The fraction of sp³-hybridized carbons (Fsp3) is 0.444. The van der Waals surface area contributed by atoms with Gasteiger partial charge in [0.05, 0.1) is 6.54 Å². The van der Waals surface area contributed by atoms with E-state index in [1.165, 1.54) is 6.08 Å². The lowest BCUT2D eigenvalue weighted by Crippen LogP contribution is -2.46. The van der Waals surface area contributed by atoms with Crippen LogP contribution in [-0.4, -0.2) is 42.4 Å². The fourth-order valence-corrected chi connectivity index (χ4v) is 0.914. The second-order valence-corrected chi connectivity index (χ2v) is 2.98. The van der Waals surface area contributed by atoms with Crippen LogP contribution in [0, 0.1) is 0 Å². The molecule has 0 bridgehead atoms. The monoisotopic (exact) mass is 245 g/mol. The number of carboxylic acid groups (broad SMARTS) is 1. The van der Waals surface area contributed by atoms with Crippen molar-refractivity contribution in [3.8, 4) is 0 Å². The highest BCUT2D eigenvalue weighted by Gasteiger charge is 2.17. The van der Waals surface area contributed by atoms with Gasteiger partial charge in [-0.2, -0.15) is 0 Å². The van der Waals surface area contributed by atoms with Crippen molar-refractivity contribution in [3.05, 3.63) is 12.7 Å². The summed E-state index contributed by atoms with van der Waals surface area (Å²) in [5.41, 5.74) is 4.69. The molecule has 0 aromatic rings. The van der Waals surface area contributed by atoms with Crippen molar-refractivity contribution >= 4 is 18.1 Å². The van der Waals surface area contributed by atoms with Crippen LogP contribution in [0.15, 0.2) is 12.7 Å². The van der Waals surface area contributed by atoms with E-state index in [9.17, 15) is 14.4 Å². The summed E-state index contributed by atoms with van der Waals surface area (Å²) in [6.07, 6.45) is 0.554. The third-order valence-electron chi connectivity index (χ3n) is 1.64. The molecule has 0 radical (unpaired) electrons. The SMILES string of the molecule is C=CCC(NC(=O)NCCOC(N)=O)C(=O)O. The van der Waals surface area contributed by atoms with Crippen LogP contribution < -0.4 is 16.4 Å². The molecule has 0 heterocycles. The van der Waals surface area contributed by atoms with Gasteiger partial charge in [-0.15, -0.1) is 6.58 Å². The van der Waals surface area contributed by atoms with Crippen LogP contribution in [0.25, 0.3) is 0 Å². The third kappa shape index (κ3) is 7.65. The van der Waals surface area contributed by atoms with Gasteiger partial charge in [-0.05, 0) is 6.42 Å². The van der Waals surface area contributed by atoms with E-state index >= 15 is 0 Å². The largest absolute Gasteiger partial charge is 0.480 e. The van der Waals surface area contributed by atoms with Crippen LogP contribution in [0.4, 0.5) is 9.59 Å². The van der Waals surface area contributed by atoms with Gasteiger partial charge < -0.3 is 26.2 Å². The van der Waals surface area contributed by atoms with Crippen molar-refractivity contribution < 1.29 is 24.2 Å². The van der Waals surface area contributed by atoms with Crippen molar-refractivity contribution in [1.29, 1.82) is 0 Å². The van der Waals surface area contributed by atoms with Gasteiger partial charge in [0, 0.05) is 0 Å². The minimum Gasteiger partial charge on any atom is -0.480 e. The minimum atomic E-state index is -1.16. The molecule has 0 saturated carbocycles. The molecule has 0 fully saturated rings. The van der Waals surface area contributed by atoms with Gasteiger partial charge in [-0.25, -0.2) is 14.4 Å². The number of aliphatic carboxylic acids is 1. The van der Waals surface area contributed by atoms with Gasteiger partial charge in [0.1, 0.15) is 12.6 Å². The smallest absolute Gasteiger partial charge is 0.404 e. The van der Waals surface area contributed by atoms with Crippen LogP contribution in [0.2, 0.25) is 0 Å². The highest BCUT2D eigenvalue weighted by Crippen LogP contribution is 1.92. The molecule has 8 nitrogen and oxygen atoms in total. The highest BCUT2D eigenvalue weighted by atomic mass is 16.5. The van der Waals surface area contributed by atoms with E-state index in [0.717, 1.165) is 0 Å². The molecular weight excluding hydrogens is 230 g/mol. The van der Waals surface area contributed by atoms with Crippen molar-refractivity contribution in [2.24, 2.45) is 5.73 Å². The summed E-state index contributed by atoms with van der Waals surface area (Å²) in [5, 5.41) is 13.2. The number of ether oxygens (including phenoxy) is 1. The standard InChI is InChI=1S/C9H15N3O5/c1-2-3-6(7(13)14)12-9(16)11-4-5-17-8(10)15/h2,6H,1,3-5H2,(H2,10,15)(H,13,14)(H2,11,12,16). The average Bonchev–Trinajstić information content (AvgIpc) is 2.23. The summed E-state index contributed by atoms with van der Waals surface area (Å²) in [4.78, 5) is 32.0. The first-order chi connectivity index (χ1) is 7.97. The van der Waals surface area contributed by atoms with Gasteiger partial charge in [-0.1, -0.05) is 6.08 Å². The molecule has 1 atom stereocenters. The lowest BCUT2D eigenvalue weighted by atomic mass is 10.2. The molecule has 96 valence electrons. The number of carboxylic acids is 1. The number of carbonyl (C=O) groups excluding carboxylic acids is 2. The Morgan fingerprint density at radius 2 is 2.12 bits per heavy atom. The van der Waals surface area contributed by atoms with Crippen molar-refractivity contribution in [2.75, 3.05) is 13.2 Å². The summed E-state index contributed by atoms with van der Waals surface area (Å²) in [5.74, 6) is -1.16. The average molecular weight is 245 g/mol. The second kappa shape index (κ2) is 7.97. The molecule has 1 unspecified atom stereocenters. The molecule has 0 rings (SSSR count). The molecule has 3 amide bonds. The quantitative estimate of drug-likeness (QED) is 0.351. The van der Waals surface area contributed by atoms with Crippen molar-refractivity contribution in [2.45, 2.75) is 12.5 Å². The number of rotatable bonds is 7. The molecule has 8 heteroatoms. The lowest BCUT2D eigenvalue weighted by molar-refractivity contribution is -0.139. The van der Waals surface area contributed by atoms with Gasteiger partial charge in [0.2, 0.25) is 0 Å². The van der Waals surface area contributed by atoms with Crippen LogP contribution >= 0.6 is 0 Å². The summed E-state index contributed by atoms with van der Waals surface area (Å²) >= 11 is 0. The van der Waals surface area contributed by atoms with E-state index in [1.54, 1.807) is 0 Å². The van der Waals surface area contributed by atoms with Crippen LogP contribution in [-0.2, 0) is 9.53 Å². The van der Waals surface area contributed by atoms with Crippen LogP contribution in [0.5, 0.6) is 0 Å². The Hall–Kier alpha value is -2.25. The first-order valence-corrected chi connectivity index (χ1v) is 4.77. The molecule has 0 saturated heterocycles. The molecule has 0 aliphatic heterocycles. The number of primary amides is 1. The summed E-state index contributed by atoms with van der Waals surface area (Å²) in [7, 11) is 0. The molecular formula is C9H15N3O5. The Bertz CT molecular complexity index is 305. The lowest BCUT2D eigenvalue weighted by Gasteiger charge is -2.13. The normalized spacial score (nSPS) is 11.1. The molecule has 17 heavy (non-hydrogen) atoms. The maximum Gasteiger partial charge on any atom is 0.404 e. The highest BCUT2D eigenvalue weighted by molar-refractivity contribution is 5.82. The number of urea groups is 1. The first kappa shape index (κ1) is 14.8. The van der Waals surface area contributed by atoms with E-state index in [1.807, 2.05) is 0 Å². The van der Waals surface area contributed by atoms with E-state index in [2.05, 4.69) is 21.9 Å². The number of amides is 3. The van der Waals surface area contributed by atoms with E-state index in [4.69, 9.17) is 10.8 Å². The zero-order valence-corrected chi connectivity index (χ0v) is 9.14. The maximum atomic E-state index is 11.2. The molecule has 0 spiro atoms. The van der Waals surface area contributed by atoms with E-state index in [-0.39, 0.29) is 19.6 Å². The summed E-state index contributed by atoms with van der Waals surface area (Å²) in [6, 6.07) is -1.71. The number of hydrogen-bond donors (Lipinski definition) is 4. The van der Waals surface area contributed by atoms with E-state index < -0.39 is 24.1 Å². The summed E-state index contributed by atoms with van der Waals surface area (Å²) < 4.78 is 4.36. The Labute approximate surface area is 97.8 Å². The number of nitrogens with two attached hydrogens (primary N) is 1. The first-order valence-electron chi connectivity index (χ1n) is 4.77. The van der Waals surface area contributed by atoms with Gasteiger partial charge in [0.25, 0.3) is 0 Å². The van der Waals surface area contributed by atoms with Crippen LogP contribution in [0.3, 0.4) is 0 Å². The zero-order chi connectivity index (χ0) is 13.3. The molecule has 0 aliphatic rings. The molecule has 5 N–H and O–H groups in total. The summed E-state index contributed by atoms with van der Waals surface area (Å²) in [6.45, 7) is 3.33. The third-order valence-corrected chi connectivity index (χ3v) is 1.64. The Balaban J connectivity index is 3.86. The van der Waals surface area contributed by atoms with Crippen molar-refractivity contribution in [3.63, 3.8) is 0 Å². The van der Waals surface area contributed by atoms with Gasteiger partial charge in [0.15, 0.2) is 0 Å². The van der Waals surface area contributed by atoms with Crippen molar-refractivity contribution in [1.82, 2.24) is 10.6 Å².